The molecule has 1 aliphatic heterocycles. The van der Waals surface area contributed by atoms with Crippen LogP contribution in [0.5, 0.6) is 0 Å². The molecule has 1 saturated heterocycles. The molecule has 0 saturated carbocycles. The molecule has 1 aromatic rings. The van der Waals surface area contributed by atoms with E-state index >= 15 is 0 Å². The summed E-state index contributed by atoms with van der Waals surface area (Å²) in [6, 6.07) is -0.297. The first kappa shape index (κ1) is 16.6. The fourth-order valence-corrected chi connectivity index (χ4v) is 2.49. The Labute approximate surface area is 126 Å². The van der Waals surface area contributed by atoms with Crippen LogP contribution >= 0.6 is 0 Å². The molecule has 2 rings (SSSR count). The number of nitrogens with zero attached hydrogens (tertiary/aromatic N) is 3. The Balaban J connectivity index is 1.57. The number of carbonyl (C=O) groups excluding carboxylic acids is 1. The molecule has 6 nitrogen and oxygen atoms in total. The lowest BCUT2D eigenvalue weighted by Gasteiger charge is -2.18. The monoisotopic (exact) mass is 319 g/mol. The van der Waals surface area contributed by atoms with E-state index in [1.165, 1.54) is 4.90 Å². The van der Waals surface area contributed by atoms with Gasteiger partial charge in [-0.1, -0.05) is 0 Å². The summed E-state index contributed by atoms with van der Waals surface area (Å²) in [5, 5.41) is 5.41. The van der Waals surface area contributed by atoms with Gasteiger partial charge < -0.3 is 15.2 Å². The number of hydrogen-bond acceptors (Lipinski definition) is 3. The maximum atomic E-state index is 12.3. The van der Waals surface area contributed by atoms with Gasteiger partial charge >= 0.3 is 12.2 Å². The average Bonchev–Trinajstić information content (AvgIpc) is 3.06. The summed E-state index contributed by atoms with van der Waals surface area (Å²) in [7, 11) is 0. The van der Waals surface area contributed by atoms with Crippen LogP contribution < -0.4 is 10.6 Å². The van der Waals surface area contributed by atoms with E-state index in [2.05, 4.69) is 15.6 Å². The van der Waals surface area contributed by atoms with Crippen LogP contribution in [0.25, 0.3) is 0 Å². The summed E-state index contributed by atoms with van der Waals surface area (Å²) in [5.41, 5.74) is 0. The number of amides is 2. The predicted octanol–water partition coefficient (Wildman–Crippen LogP) is 1.07. The first-order valence-electron chi connectivity index (χ1n) is 7.19. The normalized spacial score (nSPS) is 19.3. The Morgan fingerprint density at radius 2 is 2.18 bits per heavy atom. The van der Waals surface area contributed by atoms with Crippen molar-refractivity contribution in [3.8, 4) is 0 Å². The molecule has 1 atom stereocenters. The SMILES string of the molecule is O=C(NCCn1ccnc1)NC[C@H]1CCN(CC(F)(F)F)C1. The summed E-state index contributed by atoms with van der Waals surface area (Å²) < 4.78 is 38.7. The summed E-state index contributed by atoms with van der Waals surface area (Å²) in [6.07, 6.45) is 1.63. The van der Waals surface area contributed by atoms with E-state index in [4.69, 9.17) is 0 Å². The third kappa shape index (κ3) is 5.92. The van der Waals surface area contributed by atoms with Crippen LogP contribution in [0, 0.1) is 5.92 Å². The second-order valence-corrected chi connectivity index (χ2v) is 5.44. The molecule has 0 radical (unpaired) electrons. The van der Waals surface area contributed by atoms with Gasteiger partial charge in [0, 0.05) is 38.6 Å². The molecule has 0 aromatic carbocycles. The number of rotatable bonds is 6. The van der Waals surface area contributed by atoms with Crippen molar-refractivity contribution in [3.05, 3.63) is 18.7 Å². The highest BCUT2D eigenvalue weighted by Crippen LogP contribution is 2.22. The van der Waals surface area contributed by atoms with E-state index in [0.717, 1.165) is 0 Å². The van der Waals surface area contributed by atoms with E-state index in [-0.39, 0.29) is 11.9 Å². The zero-order valence-electron chi connectivity index (χ0n) is 12.1. The molecule has 0 bridgehead atoms. The fraction of sp³-hybridized carbons (Fsp3) is 0.692. The number of halogens is 3. The molecule has 2 heterocycles. The Hall–Kier alpha value is -1.77. The molecule has 22 heavy (non-hydrogen) atoms. The number of urea groups is 1. The molecule has 0 aliphatic carbocycles. The first-order valence-corrected chi connectivity index (χ1v) is 7.19. The number of nitrogens with one attached hydrogen (secondary N) is 2. The van der Waals surface area contributed by atoms with Gasteiger partial charge in [0.2, 0.25) is 0 Å². The smallest absolute Gasteiger partial charge is 0.338 e. The molecule has 2 N–H and O–H groups in total. The van der Waals surface area contributed by atoms with Gasteiger partial charge in [0.15, 0.2) is 0 Å². The van der Waals surface area contributed by atoms with Crippen LogP contribution in [-0.4, -0.2) is 59.4 Å². The number of alkyl halides is 3. The molecule has 1 aromatic heterocycles. The van der Waals surface area contributed by atoms with Gasteiger partial charge in [-0.05, 0) is 18.9 Å². The van der Waals surface area contributed by atoms with Crippen LogP contribution in [0.2, 0.25) is 0 Å². The van der Waals surface area contributed by atoms with Crippen LogP contribution in [0.15, 0.2) is 18.7 Å². The minimum atomic E-state index is -4.16. The second-order valence-electron chi connectivity index (χ2n) is 5.44. The lowest BCUT2D eigenvalue weighted by atomic mass is 10.1. The largest absolute Gasteiger partial charge is 0.401 e. The molecule has 0 unspecified atom stereocenters. The van der Waals surface area contributed by atoms with E-state index < -0.39 is 12.7 Å². The Bertz CT molecular complexity index is 463. The zero-order valence-corrected chi connectivity index (χ0v) is 12.1. The quantitative estimate of drug-likeness (QED) is 0.824. The number of carbonyl (C=O) groups is 1. The number of aromatic nitrogens is 2. The summed E-state index contributed by atoms with van der Waals surface area (Å²) in [4.78, 5) is 16.9. The van der Waals surface area contributed by atoms with Crippen LogP contribution in [0.1, 0.15) is 6.42 Å². The second kappa shape index (κ2) is 7.48. The van der Waals surface area contributed by atoms with Crippen molar-refractivity contribution < 1.29 is 18.0 Å². The highest BCUT2D eigenvalue weighted by atomic mass is 19.4. The first-order chi connectivity index (χ1) is 10.4. The summed E-state index contributed by atoms with van der Waals surface area (Å²) in [5.74, 6) is 0.0711. The standard InChI is InChI=1S/C13H20F3N5O/c14-13(15,16)9-21-4-1-11(8-21)7-19-12(22)18-3-6-20-5-2-17-10-20/h2,5,10-11H,1,3-4,6-9H2,(H2,18,19,22)/t11-/m1/s1. The average molecular weight is 319 g/mol. The lowest BCUT2D eigenvalue weighted by Crippen LogP contribution is -2.40. The van der Waals surface area contributed by atoms with Gasteiger partial charge in [-0.2, -0.15) is 13.2 Å². The van der Waals surface area contributed by atoms with Gasteiger partial charge in [-0.15, -0.1) is 0 Å². The molecule has 124 valence electrons. The molecule has 0 spiro atoms. The summed E-state index contributed by atoms with van der Waals surface area (Å²) in [6.45, 7) is 1.40. The van der Waals surface area contributed by atoms with Crippen molar-refractivity contribution in [3.63, 3.8) is 0 Å². The highest BCUT2D eigenvalue weighted by molar-refractivity contribution is 5.73. The molecule has 9 heteroatoms. The van der Waals surface area contributed by atoms with Crippen molar-refractivity contribution in [1.29, 1.82) is 0 Å². The zero-order chi connectivity index (χ0) is 16.0. The topological polar surface area (TPSA) is 62.2 Å². The minimum Gasteiger partial charge on any atom is -0.338 e. The predicted molar refractivity (Wildman–Crippen MR) is 74.2 cm³/mol. The third-order valence-electron chi connectivity index (χ3n) is 3.54. The third-order valence-corrected chi connectivity index (χ3v) is 3.54. The maximum absolute atomic E-state index is 12.3. The highest BCUT2D eigenvalue weighted by Gasteiger charge is 2.34. The minimum absolute atomic E-state index is 0.0711. The fourth-order valence-electron chi connectivity index (χ4n) is 2.49. The number of imidazole rings is 1. The van der Waals surface area contributed by atoms with Crippen LogP contribution in [-0.2, 0) is 6.54 Å². The van der Waals surface area contributed by atoms with Crippen molar-refractivity contribution in [1.82, 2.24) is 25.1 Å². The van der Waals surface area contributed by atoms with E-state index in [9.17, 15) is 18.0 Å². The number of hydrogen-bond donors (Lipinski definition) is 2. The van der Waals surface area contributed by atoms with Gasteiger partial charge in [0.1, 0.15) is 0 Å². The number of likely N-dealkylation sites (tertiary alicyclic amines) is 1. The Morgan fingerprint density at radius 1 is 1.36 bits per heavy atom. The van der Waals surface area contributed by atoms with Gasteiger partial charge in [0.25, 0.3) is 0 Å². The van der Waals surface area contributed by atoms with E-state index in [1.807, 2.05) is 4.57 Å². The van der Waals surface area contributed by atoms with Gasteiger partial charge in [0.05, 0.1) is 12.9 Å². The molecular weight excluding hydrogens is 299 g/mol. The van der Waals surface area contributed by atoms with Crippen molar-refractivity contribution in [2.45, 2.75) is 19.1 Å². The van der Waals surface area contributed by atoms with E-state index in [0.29, 0.717) is 39.1 Å². The van der Waals surface area contributed by atoms with Gasteiger partial charge in [-0.25, -0.2) is 9.78 Å². The Morgan fingerprint density at radius 3 is 2.86 bits per heavy atom. The lowest BCUT2D eigenvalue weighted by molar-refractivity contribution is -0.143. The van der Waals surface area contributed by atoms with Crippen LogP contribution in [0.4, 0.5) is 18.0 Å². The van der Waals surface area contributed by atoms with Crippen LogP contribution in [0.3, 0.4) is 0 Å². The van der Waals surface area contributed by atoms with Crippen molar-refractivity contribution in [2.75, 3.05) is 32.7 Å². The van der Waals surface area contributed by atoms with E-state index in [1.54, 1.807) is 18.7 Å². The molecule has 2 amide bonds. The van der Waals surface area contributed by atoms with Crippen molar-refractivity contribution >= 4 is 6.03 Å². The molecule has 1 fully saturated rings. The van der Waals surface area contributed by atoms with Gasteiger partial charge in [-0.3, -0.25) is 4.90 Å². The van der Waals surface area contributed by atoms with Crippen molar-refractivity contribution in [2.24, 2.45) is 5.92 Å². The molecular formula is C13H20F3N5O. The summed E-state index contributed by atoms with van der Waals surface area (Å²) >= 11 is 0. The molecule has 1 aliphatic rings. The maximum Gasteiger partial charge on any atom is 0.401 e. The Kier molecular flexibility index (Phi) is 5.64.